The molecule has 0 saturated carbocycles. The van der Waals surface area contributed by atoms with E-state index in [0.29, 0.717) is 33.5 Å². The third-order valence-electron chi connectivity index (χ3n) is 5.23. The lowest BCUT2D eigenvalue weighted by Crippen LogP contribution is -2.20. The summed E-state index contributed by atoms with van der Waals surface area (Å²) < 4.78 is 45.3. The lowest BCUT2D eigenvalue weighted by atomic mass is 10.3. The minimum absolute atomic E-state index is 0.113. The number of aromatic nitrogens is 2. The van der Waals surface area contributed by atoms with E-state index in [4.69, 9.17) is 14.2 Å². The molecule has 0 aliphatic heterocycles. The Morgan fingerprint density at radius 2 is 1.79 bits per heavy atom. The van der Waals surface area contributed by atoms with E-state index >= 15 is 0 Å². The molecule has 0 radical (unpaired) electrons. The number of methoxy groups -OCH3 is 2. The molecule has 1 aromatic heterocycles. The maximum atomic E-state index is 13.3. The van der Waals surface area contributed by atoms with Crippen LogP contribution in [0.3, 0.4) is 0 Å². The molecule has 0 bridgehead atoms. The highest BCUT2D eigenvalue weighted by atomic mass is 79.9. The topological polar surface area (TPSA) is 144 Å². The van der Waals surface area contributed by atoms with Crippen LogP contribution in [0.2, 0.25) is 0 Å². The van der Waals surface area contributed by atoms with Crippen LogP contribution in [0.1, 0.15) is 12.7 Å². The van der Waals surface area contributed by atoms with Crippen molar-refractivity contribution in [3.05, 3.63) is 71.0 Å². The van der Waals surface area contributed by atoms with Gasteiger partial charge in [0, 0.05) is 0 Å². The van der Waals surface area contributed by atoms with Crippen molar-refractivity contribution in [2.24, 2.45) is 5.10 Å². The number of nitrogens with one attached hydrogen (secondary N) is 3. The van der Waals surface area contributed by atoms with Crippen LogP contribution in [-0.4, -0.2) is 50.9 Å². The van der Waals surface area contributed by atoms with Gasteiger partial charge in [-0.25, -0.2) is 18.2 Å². The van der Waals surface area contributed by atoms with Crippen molar-refractivity contribution in [1.29, 1.82) is 0 Å². The summed E-state index contributed by atoms with van der Waals surface area (Å²) in [5, 5.41) is 4.15. The normalized spacial score (nSPS) is 11.7. The molecular formula is C25H24BrN5O6S. The zero-order valence-electron chi connectivity index (χ0n) is 20.6. The van der Waals surface area contributed by atoms with Crippen LogP contribution in [0.25, 0.3) is 11.0 Å². The summed E-state index contributed by atoms with van der Waals surface area (Å²) >= 11 is 3.38. The Morgan fingerprint density at radius 1 is 1.05 bits per heavy atom. The van der Waals surface area contributed by atoms with E-state index in [0.717, 1.165) is 0 Å². The molecule has 3 N–H and O–H groups in total. The molecule has 0 saturated heterocycles. The third-order valence-corrected chi connectivity index (χ3v) is 7.25. The maximum Gasteiger partial charge on any atom is 0.362 e. The fraction of sp³-hybridized carbons (Fsp3) is 0.160. The number of carbonyl (C=O) groups is 1. The Labute approximate surface area is 227 Å². The molecule has 0 spiro atoms. The number of rotatable bonds is 10. The van der Waals surface area contributed by atoms with Gasteiger partial charge in [0.25, 0.3) is 10.0 Å². The number of anilines is 2. The van der Waals surface area contributed by atoms with Crippen molar-refractivity contribution in [2.75, 3.05) is 31.0 Å². The van der Waals surface area contributed by atoms with E-state index in [-0.39, 0.29) is 27.9 Å². The number of hydrogen-bond donors (Lipinski definition) is 3. The molecule has 4 rings (SSSR count). The number of ether oxygens (including phenoxy) is 3. The highest BCUT2D eigenvalue weighted by Gasteiger charge is 2.22. The van der Waals surface area contributed by atoms with Crippen molar-refractivity contribution in [3.8, 4) is 11.5 Å². The molecule has 0 atom stereocenters. The van der Waals surface area contributed by atoms with Crippen molar-refractivity contribution < 1.29 is 27.4 Å². The quantitative estimate of drug-likeness (QED) is 0.137. The summed E-state index contributed by atoms with van der Waals surface area (Å²) in [5.74, 6) is 0.153. The van der Waals surface area contributed by atoms with Crippen LogP contribution in [0, 0.1) is 0 Å². The van der Waals surface area contributed by atoms with Gasteiger partial charge in [-0.2, -0.15) is 5.10 Å². The molecule has 0 fully saturated rings. The minimum Gasteiger partial charge on any atom is -0.495 e. The summed E-state index contributed by atoms with van der Waals surface area (Å²) in [5.41, 5.74) is 4.54. The summed E-state index contributed by atoms with van der Waals surface area (Å²) in [7, 11) is -1.49. The molecule has 0 unspecified atom stereocenters. The van der Waals surface area contributed by atoms with Crippen molar-refractivity contribution in [1.82, 2.24) is 9.97 Å². The number of nitrogens with zero attached hydrogens (tertiary/aromatic N) is 2. The number of imidazole rings is 1. The maximum absolute atomic E-state index is 13.3. The Kier molecular flexibility index (Phi) is 8.17. The number of hydrazone groups is 1. The van der Waals surface area contributed by atoms with Gasteiger partial charge in [0.15, 0.2) is 5.82 Å². The van der Waals surface area contributed by atoms with Crippen LogP contribution < -0.4 is 19.6 Å². The Bertz CT molecular complexity index is 1590. The van der Waals surface area contributed by atoms with Gasteiger partial charge in [-0.15, -0.1) is 0 Å². The summed E-state index contributed by atoms with van der Waals surface area (Å²) in [6.45, 7) is 2.32. The van der Waals surface area contributed by atoms with E-state index in [1.165, 1.54) is 26.4 Å². The van der Waals surface area contributed by atoms with Crippen molar-refractivity contribution in [2.45, 2.75) is 11.8 Å². The largest absolute Gasteiger partial charge is 0.495 e. The fourth-order valence-electron chi connectivity index (χ4n) is 3.48. The summed E-state index contributed by atoms with van der Waals surface area (Å²) in [6.07, 6.45) is 0. The zero-order valence-corrected chi connectivity index (χ0v) is 23.0. The van der Waals surface area contributed by atoms with Gasteiger partial charge in [-0.05, 0) is 71.4 Å². The number of esters is 1. The fourth-order valence-corrected chi connectivity index (χ4v) is 5.22. The van der Waals surface area contributed by atoms with E-state index in [9.17, 15) is 13.2 Å². The molecule has 3 aromatic carbocycles. The predicted molar refractivity (Wildman–Crippen MR) is 147 cm³/mol. The Morgan fingerprint density at radius 3 is 2.47 bits per heavy atom. The number of fused-ring (bicyclic) bond motifs is 1. The van der Waals surface area contributed by atoms with Gasteiger partial charge in [0.05, 0.1) is 47.7 Å². The summed E-state index contributed by atoms with van der Waals surface area (Å²) in [6, 6.07) is 16.4. The van der Waals surface area contributed by atoms with Crippen LogP contribution in [0.15, 0.2) is 75.1 Å². The number of hydrogen-bond acceptors (Lipinski definition) is 9. The number of aromatic amines is 1. The molecule has 4 aromatic rings. The first-order valence-corrected chi connectivity index (χ1v) is 13.5. The number of H-pyrrole nitrogens is 1. The van der Waals surface area contributed by atoms with Crippen molar-refractivity contribution in [3.63, 3.8) is 0 Å². The lowest BCUT2D eigenvalue weighted by molar-refractivity contribution is -0.132. The number of halogens is 1. The highest BCUT2D eigenvalue weighted by molar-refractivity contribution is 9.10. The Balaban J connectivity index is 1.64. The predicted octanol–water partition coefficient (Wildman–Crippen LogP) is 4.52. The second-order valence-electron chi connectivity index (χ2n) is 7.72. The SMILES string of the molecule is CCOc1ccc(NS(=O)(=O)c2cc(N/N=C(/C(=O)OC)c3nc4ccccc4[nH]3)ccc2OC)cc1Br. The number of carbonyl (C=O) groups excluding carboxylic acids is 1. The van der Waals surface area contributed by atoms with Crippen LogP contribution in [-0.2, 0) is 19.6 Å². The number of para-hydroxylation sites is 2. The first kappa shape index (κ1) is 26.9. The van der Waals surface area contributed by atoms with Gasteiger partial charge in [-0.1, -0.05) is 12.1 Å². The van der Waals surface area contributed by atoms with Gasteiger partial charge >= 0.3 is 5.97 Å². The number of benzene rings is 3. The monoisotopic (exact) mass is 601 g/mol. The van der Waals surface area contributed by atoms with Gasteiger partial charge in [0.1, 0.15) is 16.4 Å². The van der Waals surface area contributed by atoms with E-state index < -0.39 is 16.0 Å². The Hall–Kier alpha value is -4.10. The van der Waals surface area contributed by atoms with E-state index in [1.54, 1.807) is 30.3 Å². The van der Waals surface area contributed by atoms with Gasteiger partial charge in [0.2, 0.25) is 5.71 Å². The minimum atomic E-state index is -4.08. The first-order chi connectivity index (χ1) is 18.2. The van der Waals surface area contributed by atoms with Gasteiger partial charge < -0.3 is 19.2 Å². The second kappa shape index (κ2) is 11.5. The molecule has 0 amide bonds. The molecular weight excluding hydrogens is 578 g/mol. The molecule has 0 aliphatic carbocycles. The summed E-state index contributed by atoms with van der Waals surface area (Å²) in [4.78, 5) is 19.7. The second-order valence-corrected chi connectivity index (χ2v) is 10.2. The average Bonchev–Trinajstić information content (AvgIpc) is 3.34. The van der Waals surface area contributed by atoms with Gasteiger partial charge in [-0.3, -0.25) is 10.1 Å². The zero-order chi connectivity index (χ0) is 27.3. The molecule has 0 aliphatic rings. The van der Waals surface area contributed by atoms with Crippen molar-refractivity contribution >= 4 is 60.0 Å². The smallest absolute Gasteiger partial charge is 0.362 e. The van der Waals surface area contributed by atoms with E-state index in [1.807, 2.05) is 25.1 Å². The molecule has 198 valence electrons. The third kappa shape index (κ3) is 5.89. The van der Waals surface area contributed by atoms with Crippen LogP contribution >= 0.6 is 15.9 Å². The highest BCUT2D eigenvalue weighted by Crippen LogP contribution is 2.32. The molecule has 13 heteroatoms. The van der Waals surface area contributed by atoms with E-state index in [2.05, 4.69) is 41.1 Å². The molecule has 38 heavy (non-hydrogen) atoms. The lowest BCUT2D eigenvalue weighted by Gasteiger charge is -2.14. The van der Waals surface area contributed by atoms with Crippen LogP contribution in [0.5, 0.6) is 11.5 Å². The molecule has 11 nitrogen and oxygen atoms in total. The standard InChI is InChI=1S/C25H24BrN5O6S/c1-4-37-20-11-10-16(13-17(20)26)31-38(33,34)22-14-15(9-12-21(22)35-2)29-30-23(25(32)36-3)24-27-18-7-5-6-8-19(18)28-24/h5-14,29,31H,4H2,1-3H3,(H,27,28)/b30-23+. The molecule has 1 heterocycles. The average molecular weight is 602 g/mol. The first-order valence-electron chi connectivity index (χ1n) is 11.3. The van der Waals surface area contributed by atoms with Crippen LogP contribution in [0.4, 0.5) is 11.4 Å². The number of sulfonamides is 1.